The Bertz CT molecular complexity index is 1460. The number of piperidine rings is 1. The molecule has 4 aromatic rings. The molecule has 1 saturated heterocycles. The highest BCUT2D eigenvalue weighted by molar-refractivity contribution is 7.88. The Kier molecular flexibility index (Phi) is 6.01. The van der Waals surface area contributed by atoms with Gasteiger partial charge in [-0.3, -0.25) is 4.79 Å². The summed E-state index contributed by atoms with van der Waals surface area (Å²) in [7, 11) is -3.49. The number of H-pyrrole nitrogens is 1. The Morgan fingerprint density at radius 2 is 1.82 bits per heavy atom. The van der Waals surface area contributed by atoms with Gasteiger partial charge in [0.25, 0.3) is 5.56 Å². The van der Waals surface area contributed by atoms with Crippen LogP contribution in [0.25, 0.3) is 11.2 Å². The smallest absolute Gasteiger partial charge is 0.281 e. The maximum Gasteiger partial charge on any atom is 0.281 e. The molecule has 1 aliphatic rings. The molecule has 1 fully saturated rings. The van der Waals surface area contributed by atoms with Crippen LogP contribution in [0.4, 0.5) is 0 Å². The zero-order chi connectivity index (χ0) is 23.7. The zero-order valence-corrected chi connectivity index (χ0v) is 19.7. The monoisotopic (exact) mass is 478 g/mol. The third kappa shape index (κ3) is 4.64. The number of hydrogen-bond donors (Lipinski definition) is 1. The van der Waals surface area contributed by atoms with Crippen molar-refractivity contribution in [1.29, 1.82) is 0 Å². The number of hydrogen-bond acceptors (Lipinski definition) is 6. The van der Waals surface area contributed by atoms with Gasteiger partial charge >= 0.3 is 0 Å². The lowest BCUT2D eigenvalue weighted by Crippen LogP contribution is -2.40. The van der Waals surface area contributed by atoms with Gasteiger partial charge in [-0.05, 0) is 30.9 Å². The lowest BCUT2D eigenvalue weighted by atomic mass is 9.99. The van der Waals surface area contributed by atoms with Crippen LogP contribution in [0, 0.1) is 6.92 Å². The SMILES string of the molecule is Cc1ccc(Cn2nnc3c(=O)[nH]c(C4CCCN(S(=O)(=O)Cc5ccccc5)C4)nc32)cc1. The first-order chi connectivity index (χ1) is 16.4. The number of aryl methyl sites for hydroxylation is 1. The van der Waals surface area contributed by atoms with Crippen LogP contribution >= 0.6 is 0 Å². The third-order valence-corrected chi connectivity index (χ3v) is 8.02. The molecule has 2 aromatic heterocycles. The van der Waals surface area contributed by atoms with Gasteiger partial charge in [0.05, 0.1) is 12.3 Å². The summed E-state index contributed by atoms with van der Waals surface area (Å²) in [6.45, 7) is 3.21. The van der Waals surface area contributed by atoms with Gasteiger partial charge in [0, 0.05) is 19.0 Å². The number of aromatic amines is 1. The molecule has 1 N–H and O–H groups in total. The van der Waals surface area contributed by atoms with E-state index >= 15 is 0 Å². The Hall–Kier alpha value is -3.37. The summed E-state index contributed by atoms with van der Waals surface area (Å²) in [5.41, 5.74) is 3.16. The highest BCUT2D eigenvalue weighted by atomic mass is 32.2. The van der Waals surface area contributed by atoms with Gasteiger partial charge in [-0.1, -0.05) is 65.4 Å². The largest absolute Gasteiger partial charge is 0.308 e. The van der Waals surface area contributed by atoms with Gasteiger partial charge < -0.3 is 4.98 Å². The minimum Gasteiger partial charge on any atom is -0.308 e. The van der Waals surface area contributed by atoms with E-state index in [4.69, 9.17) is 4.98 Å². The standard InChI is InChI=1S/C24H26N6O3S/c1-17-9-11-18(12-10-17)14-30-23-21(27-28-30)24(31)26-22(25-23)20-8-5-13-29(15-20)34(32,33)16-19-6-3-2-4-7-19/h2-4,6-7,9-12,20H,5,8,13-16H2,1H3,(H,25,26,31). The second kappa shape index (κ2) is 9.11. The third-order valence-electron chi connectivity index (χ3n) is 6.20. The summed E-state index contributed by atoms with van der Waals surface area (Å²) in [4.78, 5) is 20.2. The molecule has 3 heterocycles. The molecule has 1 aliphatic heterocycles. The average molecular weight is 479 g/mol. The molecule has 2 aromatic carbocycles. The molecular formula is C24H26N6O3S. The van der Waals surface area contributed by atoms with Crippen LogP contribution < -0.4 is 5.56 Å². The number of nitrogens with zero attached hydrogens (tertiary/aromatic N) is 5. The number of benzene rings is 2. The van der Waals surface area contributed by atoms with Gasteiger partial charge in [-0.2, -0.15) is 0 Å². The lowest BCUT2D eigenvalue weighted by Gasteiger charge is -2.31. The fraction of sp³-hybridized carbons (Fsp3) is 0.333. The number of rotatable bonds is 6. The van der Waals surface area contributed by atoms with E-state index in [1.165, 1.54) is 4.31 Å². The predicted molar refractivity (Wildman–Crippen MR) is 129 cm³/mol. The predicted octanol–water partition coefficient (Wildman–Crippen LogP) is 2.58. The molecule has 34 heavy (non-hydrogen) atoms. The van der Waals surface area contributed by atoms with Gasteiger partial charge in [0.2, 0.25) is 10.0 Å². The molecule has 5 rings (SSSR count). The quantitative estimate of drug-likeness (QED) is 0.456. The highest BCUT2D eigenvalue weighted by Gasteiger charge is 2.31. The van der Waals surface area contributed by atoms with Crippen LogP contribution in [-0.4, -0.2) is 50.8 Å². The molecule has 0 radical (unpaired) electrons. The lowest BCUT2D eigenvalue weighted by molar-refractivity contribution is 0.309. The van der Waals surface area contributed by atoms with Gasteiger partial charge in [-0.25, -0.2) is 22.4 Å². The summed E-state index contributed by atoms with van der Waals surface area (Å²) in [6.07, 6.45) is 1.44. The van der Waals surface area contributed by atoms with E-state index in [0.717, 1.165) is 23.1 Å². The Morgan fingerprint density at radius 1 is 1.06 bits per heavy atom. The van der Waals surface area contributed by atoms with Crippen LogP contribution in [-0.2, 0) is 22.3 Å². The van der Waals surface area contributed by atoms with E-state index in [-0.39, 0.29) is 29.3 Å². The topological polar surface area (TPSA) is 114 Å². The molecule has 0 saturated carbocycles. The van der Waals surface area contributed by atoms with Crippen molar-refractivity contribution in [1.82, 2.24) is 29.3 Å². The molecule has 0 bridgehead atoms. The Balaban J connectivity index is 1.41. The number of aromatic nitrogens is 5. The average Bonchev–Trinajstić information content (AvgIpc) is 3.24. The van der Waals surface area contributed by atoms with E-state index in [1.807, 2.05) is 61.5 Å². The minimum atomic E-state index is -3.49. The van der Waals surface area contributed by atoms with E-state index in [1.54, 1.807) is 4.68 Å². The maximum atomic E-state index is 13.1. The van der Waals surface area contributed by atoms with Crippen molar-refractivity contribution in [3.63, 3.8) is 0 Å². The van der Waals surface area contributed by atoms with Gasteiger partial charge in [-0.15, -0.1) is 5.10 Å². The van der Waals surface area contributed by atoms with Crippen LogP contribution in [0.5, 0.6) is 0 Å². The Labute approximate surface area is 197 Å². The summed E-state index contributed by atoms with van der Waals surface area (Å²) in [5, 5.41) is 8.16. The number of nitrogens with one attached hydrogen (secondary N) is 1. The van der Waals surface area contributed by atoms with E-state index < -0.39 is 10.0 Å². The molecule has 1 atom stereocenters. The highest BCUT2D eigenvalue weighted by Crippen LogP contribution is 2.27. The molecule has 0 spiro atoms. The van der Waals surface area contributed by atoms with Gasteiger partial charge in [0.1, 0.15) is 5.82 Å². The first-order valence-corrected chi connectivity index (χ1v) is 12.9. The van der Waals surface area contributed by atoms with Crippen molar-refractivity contribution >= 4 is 21.2 Å². The maximum absolute atomic E-state index is 13.1. The molecule has 9 nitrogen and oxygen atoms in total. The van der Waals surface area contributed by atoms with Gasteiger partial charge in [0.15, 0.2) is 11.2 Å². The fourth-order valence-corrected chi connectivity index (χ4v) is 5.95. The summed E-state index contributed by atoms with van der Waals surface area (Å²) in [5.74, 6) is 0.222. The second-order valence-electron chi connectivity index (χ2n) is 8.80. The van der Waals surface area contributed by atoms with E-state index in [2.05, 4.69) is 15.3 Å². The molecule has 1 unspecified atom stereocenters. The number of fused-ring (bicyclic) bond motifs is 1. The van der Waals surface area contributed by atoms with Crippen molar-refractivity contribution < 1.29 is 8.42 Å². The molecule has 0 amide bonds. The minimum absolute atomic E-state index is 0.0449. The summed E-state index contributed by atoms with van der Waals surface area (Å²) in [6, 6.07) is 17.2. The van der Waals surface area contributed by atoms with E-state index in [9.17, 15) is 13.2 Å². The van der Waals surface area contributed by atoms with Crippen molar-refractivity contribution in [3.8, 4) is 0 Å². The van der Waals surface area contributed by atoms with Crippen molar-refractivity contribution in [2.45, 2.75) is 38.0 Å². The second-order valence-corrected chi connectivity index (χ2v) is 10.8. The summed E-state index contributed by atoms with van der Waals surface area (Å²) >= 11 is 0. The van der Waals surface area contributed by atoms with Crippen LogP contribution in [0.3, 0.4) is 0 Å². The Morgan fingerprint density at radius 3 is 2.59 bits per heavy atom. The fourth-order valence-electron chi connectivity index (χ4n) is 4.34. The number of sulfonamides is 1. The van der Waals surface area contributed by atoms with Crippen molar-refractivity contribution in [2.75, 3.05) is 13.1 Å². The van der Waals surface area contributed by atoms with Crippen molar-refractivity contribution in [3.05, 3.63) is 87.5 Å². The van der Waals surface area contributed by atoms with Crippen molar-refractivity contribution in [2.24, 2.45) is 0 Å². The zero-order valence-electron chi connectivity index (χ0n) is 18.9. The van der Waals surface area contributed by atoms with Crippen LogP contribution in [0.2, 0.25) is 0 Å². The molecule has 0 aliphatic carbocycles. The molecular weight excluding hydrogens is 452 g/mol. The van der Waals surface area contributed by atoms with Crippen LogP contribution in [0.1, 0.15) is 41.3 Å². The molecule has 176 valence electrons. The molecule has 10 heteroatoms. The van der Waals surface area contributed by atoms with Crippen LogP contribution in [0.15, 0.2) is 59.4 Å². The normalized spacial score (nSPS) is 17.3. The summed E-state index contributed by atoms with van der Waals surface area (Å²) < 4.78 is 29.3. The first kappa shape index (κ1) is 22.4. The first-order valence-electron chi connectivity index (χ1n) is 11.3. The van der Waals surface area contributed by atoms with E-state index in [0.29, 0.717) is 31.0 Å².